The van der Waals surface area contributed by atoms with Gasteiger partial charge in [0.15, 0.2) is 6.29 Å². The number of ether oxygens (including phenoxy) is 2. The predicted octanol–water partition coefficient (Wildman–Crippen LogP) is 1.06. The zero-order chi connectivity index (χ0) is 8.97. The summed E-state index contributed by atoms with van der Waals surface area (Å²) in [4.78, 5) is 0.0836. The Bertz CT molecular complexity index is 160. The molecule has 0 bridgehead atoms. The van der Waals surface area contributed by atoms with Crippen LogP contribution in [0.1, 0.15) is 6.92 Å². The third-order valence-corrected chi connectivity index (χ3v) is 2.33. The molecule has 3 atom stereocenters. The van der Waals surface area contributed by atoms with Crippen molar-refractivity contribution < 1.29 is 14.6 Å². The number of rotatable bonds is 3. The Labute approximate surface area is 80.5 Å². The van der Waals surface area contributed by atoms with E-state index >= 15 is 0 Å². The van der Waals surface area contributed by atoms with Crippen molar-refractivity contribution in [2.24, 2.45) is 0 Å². The van der Waals surface area contributed by atoms with Gasteiger partial charge in [-0.15, -0.1) is 0 Å². The van der Waals surface area contributed by atoms with E-state index in [-0.39, 0.29) is 23.8 Å². The predicted molar refractivity (Wildman–Crippen MR) is 49.2 cm³/mol. The Hall–Kier alpha value is 0.100. The Morgan fingerprint density at radius 1 is 1.58 bits per heavy atom. The molecule has 0 fully saturated rings. The second-order valence-corrected chi connectivity index (χ2v) is 3.57. The van der Waals surface area contributed by atoms with Gasteiger partial charge in [0.25, 0.3) is 0 Å². The standard InChI is InChI=1S/C8H13BrO3/c1-2-11-8-7(9)4-3-6(5-10)12-8/h3-4,6-8,10H,2,5H2,1H3/t6-,7+,8+/m0/s1. The molecule has 70 valence electrons. The van der Waals surface area contributed by atoms with Gasteiger partial charge in [-0.05, 0) is 6.92 Å². The first-order valence-corrected chi connectivity index (χ1v) is 4.89. The molecule has 1 rings (SSSR count). The van der Waals surface area contributed by atoms with Crippen LogP contribution in [0.2, 0.25) is 0 Å². The monoisotopic (exact) mass is 236 g/mol. The van der Waals surface area contributed by atoms with Gasteiger partial charge < -0.3 is 14.6 Å². The summed E-state index contributed by atoms with van der Waals surface area (Å²) in [6, 6.07) is 0. The maximum Gasteiger partial charge on any atom is 0.174 e. The summed E-state index contributed by atoms with van der Waals surface area (Å²) in [5, 5.41) is 8.82. The SMILES string of the molecule is CCO[C@@H]1O[C@H](CO)C=C[C@H]1Br. The molecule has 1 N–H and O–H groups in total. The van der Waals surface area contributed by atoms with E-state index in [2.05, 4.69) is 15.9 Å². The quantitative estimate of drug-likeness (QED) is 0.589. The van der Waals surface area contributed by atoms with Crippen LogP contribution in [0.25, 0.3) is 0 Å². The number of hydrogen-bond acceptors (Lipinski definition) is 3. The lowest BCUT2D eigenvalue weighted by atomic mass is 10.2. The van der Waals surface area contributed by atoms with E-state index < -0.39 is 0 Å². The van der Waals surface area contributed by atoms with Crippen LogP contribution in [0.5, 0.6) is 0 Å². The Kier molecular flexibility index (Phi) is 4.21. The van der Waals surface area contributed by atoms with Crippen molar-refractivity contribution in [3.05, 3.63) is 12.2 Å². The minimum Gasteiger partial charge on any atom is -0.393 e. The van der Waals surface area contributed by atoms with Crippen LogP contribution in [-0.4, -0.2) is 35.5 Å². The van der Waals surface area contributed by atoms with Gasteiger partial charge in [0.1, 0.15) is 6.10 Å². The Morgan fingerprint density at radius 3 is 2.92 bits per heavy atom. The molecule has 0 amide bonds. The fraction of sp³-hybridized carbons (Fsp3) is 0.750. The number of alkyl halides is 1. The summed E-state index contributed by atoms with van der Waals surface area (Å²) in [7, 11) is 0. The molecule has 1 heterocycles. The van der Waals surface area contributed by atoms with Crippen LogP contribution in [0, 0.1) is 0 Å². The molecule has 0 aromatic rings. The molecule has 0 aliphatic carbocycles. The van der Waals surface area contributed by atoms with Crippen molar-refractivity contribution in [1.82, 2.24) is 0 Å². The second kappa shape index (κ2) is 4.97. The van der Waals surface area contributed by atoms with Gasteiger partial charge in [0.2, 0.25) is 0 Å². The summed E-state index contributed by atoms with van der Waals surface area (Å²) in [5.41, 5.74) is 0. The van der Waals surface area contributed by atoms with Crippen molar-refractivity contribution in [3.63, 3.8) is 0 Å². The lowest BCUT2D eigenvalue weighted by Crippen LogP contribution is -2.35. The van der Waals surface area contributed by atoms with E-state index in [9.17, 15) is 0 Å². The van der Waals surface area contributed by atoms with E-state index in [1.165, 1.54) is 0 Å². The highest BCUT2D eigenvalue weighted by atomic mass is 79.9. The molecule has 0 unspecified atom stereocenters. The molecule has 1 aliphatic rings. The molecular weight excluding hydrogens is 224 g/mol. The van der Waals surface area contributed by atoms with Gasteiger partial charge in [-0.1, -0.05) is 28.1 Å². The molecule has 1 aliphatic heterocycles. The molecule has 0 saturated heterocycles. The summed E-state index contributed by atoms with van der Waals surface area (Å²) in [6.07, 6.45) is 3.26. The first-order valence-electron chi connectivity index (χ1n) is 3.98. The fourth-order valence-corrected chi connectivity index (χ4v) is 1.47. The molecule has 0 spiro atoms. The highest BCUT2D eigenvalue weighted by molar-refractivity contribution is 9.09. The second-order valence-electron chi connectivity index (χ2n) is 2.51. The number of aliphatic hydroxyl groups excluding tert-OH is 1. The third kappa shape index (κ3) is 2.55. The average molecular weight is 237 g/mol. The van der Waals surface area contributed by atoms with Crippen LogP contribution < -0.4 is 0 Å². The van der Waals surface area contributed by atoms with Gasteiger partial charge in [-0.25, -0.2) is 0 Å². The molecule has 4 heteroatoms. The highest BCUT2D eigenvalue weighted by Crippen LogP contribution is 2.19. The molecule has 0 aromatic carbocycles. The lowest BCUT2D eigenvalue weighted by Gasteiger charge is -2.28. The van der Waals surface area contributed by atoms with Crippen LogP contribution in [0.4, 0.5) is 0 Å². The maximum absolute atomic E-state index is 8.82. The summed E-state index contributed by atoms with van der Waals surface area (Å²) < 4.78 is 10.7. The van der Waals surface area contributed by atoms with Crippen molar-refractivity contribution in [2.45, 2.75) is 24.1 Å². The zero-order valence-electron chi connectivity index (χ0n) is 6.94. The number of halogens is 1. The molecule has 3 nitrogen and oxygen atoms in total. The van der Waals surface area contributed by atoms with E-state index in [0.717, 1.165) is 0 Å². The molecule has 12 heavy (non-hydrogen) atoms. The summed E-state index contributed by atoms with van der Waals surface area (Å²) in [6.45, 7) is 2.52. The number of aliphatic hydroxyl groups is 1. The van der Waals surface area contributed by atoms with E-state index in [4.69, 9.17) is 14.6 Å². The van der Waals surface area contributed by atoms with Crippen LogP contribution >= 0.6 is 15.9 Å². The molecule has 0 radical (unpaired) electrons. The highest BCUT2D eigenvalue weighted by Gasteiger charge is 2.24. The van der Waals surface area contributed by atoms with Gasteiger partial charge in [0, 0.05) is 6.61 Å². The van der Waals surface area contributed by atoms with Crippen molar-refractivity contribution in [2.75, 3.05) is 13.2 Å². The van der Waals surface area contributed by atoms with Crippen LogP contribution in [0.15, 0.2) is 12.2 Å². The topological polar surface area (TPSA) is 38.7 Å². The minimum absolute atomic E-state index is 0.000204. The maximum atomic E-state index is 8.82. The van der Waals surface area contributed by atoms with Crippen molar-refractivity contribution in [3.8, 4) is 0 Å². The van der Waals surface area contributed by atoms with Gasteiger partial charge in [0.05, 0.1) is 11.4 Å². The average Bonchev–Trinajstić information content (AvgIpc) is 2.09. The Morgan fingerprint density at radius 2 is 2.33 bits per heavy atom. The first kappa shape index (κ1) is 10.2. The first-order chi connectivity index (χ1) is 5.77. The van der Waals surface area contributed by atoms with Crippen LogP contribution in [0.3, 0.4) is 0 Å². The van der Waals surface area contributed by atoms with Crippen molar-refractivity contribution in [1.29, 1.82) is 0 Å². The van der Waals surface area contributed by atoms with E-state index in [1.54, 1.807) is 0 Å². The largest absolute Gasteiger partial charge is 0.393 e. The molecule has 0 saturated carbocycles. The van der Waals surface area contributed by atoms with Crippen LogP contribution in [-0.2, 0) is 9.47 Å². The smallest absolute Gasteiger partial charge is 0.174 e. The van der Waals surface area contributed by atoms with E-state index in [0.29, 0.717) is 6.61 Å². The fourth-order valence-electron chi connectivity index (χ4n) is 1.01. The van der Waals surface area contributed by atoms with E-state index in [1.807, 2.05) is 19.1 Å². The molecular formula is C8H13BrO3. The minimum atomic E-state index is -0.280. The Balaban J connectivity index is 2.47. The summed E-state index contributed by atoms with van der Waals surface area (Å²) >= 11 is 3.39. The van der Waals surface area contributed by atoms with Gasteiger partial charge in [-0.2, -0.15) is 0 Å². The summed E-state index contributed by atoms with van der Waals surface area (Å²) in [5.74, 6) is 0. The number of hydrogen-bond donors (Lipinski definition) is 1. The third-order valence-electron chi connectivity index (χ3n) is 1.59. The zero-order valence-corrected chi connectivity index (χ0v) is 8.53. The van der Waals surface area contributed by atoms with Gasteiger partial charge >= 0.3 is 0 Å². The normalized spacial score (nSPS) is 35.4. The van der Waals surface area contributed by atoms with Gasteiger partial charge in [-0.3, -0.25) is 0 Å². The lowest BCUT2D eigenvalue weighted by molar-refractivity contribution is -0.163. The van der Waals surface area contributed by atoms with Crippen molar-refractivity contribution >= 4 is 15.9 Å². The molecule has 0 aromatic heterocycles.